The van der Waals surface area contributed by atoms with Crippen molar-refractivity contribution in [3.8, 4) is 0 Å². The summed E-state index contributed by atoms with van der Waals surface area (Å²) in [5.74, 6) is -3.27. The molecule has 0 bridgehead atoms. The SMILES string of the molecule is COC(=O)[C@]1(CO)[C@@H]2CC[C@]3(C)[C@H](CC=C4[C@@H]5CC(C)(C)CC[C@]5(C(=O)O[C@@H]5OC[C@H](O)[C@H](O)[C@H]5O[C@@H]5O[C@@H](C)[C@H](O[C@@H]6OC[C@@H](O)[C@H](O[C@@H]7OC[C@](O)(CO)[C@H]7O)[C@H]6O)[C@@H](O)[C@H]5O)[C@H](O)C[C@]43C)[C@@]2(C)C[C@H](OC)[C@@H]1O[C@@H]1O[C@H](CO)[C@@H](O)[C@H](O)[C@H]1O. The number of methoxy groups -OCH3 is 2. The molecule has 10 rings (SSSR count). The van der Waals surface area contributed by atoms with E-state index in [1.165, 1.54) is 21.1 Å². The van der Waals surface area contributed by atoms with Crippen molar-refractivity contribution in [3.63, 3.8) is 0 Å². The Balaban J connectivity index is 0.884. The van der Waals surface area contributed by atoms with Crippen LogP contribution in [0, 0.1) is 50.2 Å². The molecule has 32 atom stereocenters. The fraction of sp³-hybridized carbons (Fsp3) is 0.932. The summed E-state index contributed by atoms with van der Waals surface area (Å²) in [7, 11) is 2.62. The van der Waals surface area contributed by atoms with E-state index in [0.29, 0.717) is 32.1 Å². The van der Waals surface area contributed by atoms with E-state index in [9.17, 15) is 81.4 Å². The van der Waals surface area contributed by atoms with Crippen molar-refractivity contribution < 1.29 is 143 Å². The van der Waals surface area contributed by atoms with Gasteiger partial charge in [-0.25, -0.2) is 0 Å². The van der Waals surface area contributed by atoms with Crippen LogP contribution in [-0.4, -0.2) is 289 Å². The number of allylic oxidation sites excluding steroid dienone is 2. The van der Waals surface area contributed by atoms with Gasteiger partial charge >= 0.3 is 11.9 Å². The number of hydrogen-bond donors (Lipinski definition) is 15. The topological polar surface area (TPSA) is 448 Å². The lowest BCUT2D eigenvalue weighted by molar-refractivity contribution is -0.372. The molecule has 5 saturated heterocycles. The van der Waals surface area contributed by atoms with Crippen molar-refractivity contribution in [2.75, 3.05) is 53.9 Å². The highest BCUT2D eigenvalue weighted by atomic mass is 16.8. The minimum Gasteiger partial charge on any atom is -0.468 e. The van der Waals surface area contributed by atoms with Gasteiger partial charge in [0.25, 0.3) is 0 Å². The van der Waals surface area contributed by atoms with Crippen molar-refractivity contribution in [1.82, 2.24) is 0 Å². The zero-order valence-corrected chi connectivity index (χ0v) is 50.9. The smallest absolute Gasteiger partial charge is 0.317 e. The fourth-order valence-electron chi connectivity index (χ4n) is 17.7. The van der Waals surface area contributed by atoms with Crippen LogP contribution in [-0.2, 0) is 66.4 Å². The van der Waals surface area contributed by atoms with Crippen LogP contribution in [0.3, 0.4) is 0 Å². The van der Waals surface area contributed by atoms with Gasteiger partial charge in [0.15, 0.2) is 31.3 Å². The molecule has 0 aromatic heterocycles. The number of carbonyl (C=O) groups excluding carboxylic acids is 2. The number of rotatable bonds is 15. The first-order chi connectivity index (χ1) is 41.3. The highest BCUT2D eigenvalue weighted by molar-refractivity contribution is 5.80. The molecular formula is C59H94O29. The van der Waals surface area contributed by atoms with Crippen LogP contribution in [0.2, 0.25) is 0 Å². The zero-order valence-electron chi connectivity index (χ0n) is 50.9. The van der Waals surface area contributed by atoms with Crippen molar-refractivity contribution in [3.05, 3.63) is 11.6 Å². The maximum Gasteiger partial charge on any atom is 0.317 e. The van der Waals surface area contributed by atoms with Gasteiger partial charge in [-0.3, -0.25) is 9.59 Å². The Labute approximate surface area is 509 Å². The monoisotopic (exact) mass is 1270 g/mol. The van der Waals surface area contributed by atoms with Crippen molar-refractivity contribution >= 4 is 11.9 Å². The number of fused-ring (bicyclic) bond motifs is 7. The molecule has 29 nitrogen and oxygen atoms in total. The third-order valence-electron chi connectivity index (χ3n) is 23.0. The third kappa shape index (κ3) is 10.8. The Kier molecular flexibility index (Phi) is 19.6. The summed E-state index contributed by atoms with van der Waals surface area (Å²) < 4.78 is 70.6. The van der Waals surface area contributed by atoms with Gasteiger partial charge in [0.1, 0.15) is 102 Å². The van der Waals surface area contributed by atoms with Crippen LogP contribution in [0.1, 0.15) is 92.9 Å². The molecule has 88 heavy (non-hydrogen) atoms. The molecule has 15 N–H and O–H groups in total. The highest BCUT2D eigenvalue weighted by Crippen LogP contribution is 2.76. The Morgan fingerprint density at radius 1 is 0.625 bits per heavy atom. The molecule has 0 aromatic rings. The summed E-state index contributed by atoms with van der Waals surface area (Å²) in [6, 6.07) is 0. The van der Waals surface area contributed by atoms with E-state index in [1.807, 2.05) is 0 Å². The van der Waals surface area contributed by atoms with E-state index in [2.05, 4.69) is 40.7 Å². The summed E-state index contributed by atoms with van der Waals surface area (Å²) in [4.78, 5) is 30.1. The first-order valence-corrected chi connectivity index (χ1v) is 30.7. The van der Waals surface area contributed by atoms with Gasteiger partial charge in [0.2, 0.25) is 6.29 Å². The molecule has 5 heterocycles. The lowest BCUT2D eigenvalue weighted by Crippen LogP contribution is -2.72. The van der Waals surface area contributed by atoms with Crippen LogP contribution >= 0.6 is 0 Å². The zero-order chi connectivity index (χ0) is 64.3. The Morgan fingerprint density at radius 2 is 1.27 bits per heavy atom. The van der Waals surface area contributed by atoms with Crippen LogP contribution in [0.5, 0.6) is 0 Å². The van der Waals surface area contributed by atoms with Crippen molar-refractivity contribution in [1.29, 1.82) is 0 Å². The minimum absolute atomic E-state index is 0.0649. The quantitative estimate of drug-likeness (QED) is 0.0417. The number of carbonyl (C=O) groups is 2. The third-order valence-corrected chi connectivity index (χ3v) is 23.0. The molecule has 10 aliphatic rings. The van der Waals surface area contributed by atoms with Crippen LogP contribution in [0.4, 0.5) is 0 Å². The van der Waals surface area contributed by atoms with E-state index < -0.39 is 237 Å². The molecule has 0 radical (unpaired) electrons. The van der Waals surface area contributed by atoms with Gasteiger partial charge in [0, 0.05) is 7.11 Å². The van der Waals surface area contributed by atoms with Crippen LogP contribution in [0.15, 0.2) is 11.6 Å². The first-order valence-electron chi connectivity index (χ1n) is 30.7. The van der Waals surface area contributed by atoms with E-state index in [-0.39, 0.29) is 30.6 Å². The molecule has 4 saturated carbocycles. The average molecular weight is 1270 g/mol. The molecular weight excluding hydrogens is 1170 g/mol. The summed E-state index contributed by atoms with van der Waals surface area (Å²) in [5.41, 5.74) is -7.31. The minimum atomic E-state index is -2.08. The summed E-state index contributed by atoms with van der Waals surface area (Å²) in [6.07, 6.45) is -32.7. The van der Waals surface area contributed by atoms with Gasteiger partial charge in [-0.05, 0) is 97.7 Å². The Morgan fingerprint density at radius 3 is 1.92 bits per heavy atom. The second-order valence-electron chi connectivity index (χ2n) is 28.2. The molecule has 5 aliphatic carbocycles. The molecule has 29 heteroatoms. The van der Waals surface area contributed by atoms with E-state index in [4.69, 9.17) is 56.8 Å². The van der Waals surface area contributed by atoms with Crippen molar-refractivity contribution in [2.24, 2.45) is 50.2 Å². The molecule has 0 spiro atoms. The number of aliphatic hydroxyl groups is 15. The Hall–Kier alpha value is -2.32. The normalized spacial score (nSPS) is 53.6. The Bertz CT molecular complexity index is 2510. The predicted molar refractivity (Wildman–Crippen MR) is 291 cm³/mol. The standard InChI is InChI=1S/C59H94O29/c1-24-41(84-46-40(72)42(28(64)20-79-46)85-50-44(73)57(76,21-61)23-81-50)37(69)39(71)47(82-24)86-43-34(66)27(63)19-80-49(43)88-52(75)58-14-13-53(2,3)15-26(58)25-9-10-31-54(4)16-29(77-7)45(87-48-38(70)36(68)35(67)30(18-60)83-48)59(22-62,51(74)78-8)32(54)11-12-55(31,5)56(25,6)17-33(58)65/h9,24,26-50,60-73,76H,10-23H2,1-8H3/t24-,26-,27-,28+,29-,30+,31+,32+,33+,34-,35+,36-,37-,38+,39+,40+,41-,42-,43+,44-,45-,46-,47-,48-,49-,50-,54+,55+,56+,57+,58+,59+/m0/s1. The average Bonchev–Trinajstić information content (AvgIpc) is 0.901. The second-order valence-corrected chi connectivity index (χ2v) is 28.2. The fourth-order valence-corrected chi connectivity index (χ4v) is 17.7. The van der Waals surface area contributed by atoms with E-state index in [1.54, 1.807) is 0 Å². The molecule has 0 unspecified atom stereocenters. The van der Waals surface area contributed by atoms with Crippen molar-refractivity contribution in [2.45, 2.75) is 240 Å². The summed E-state index contributed by atoms with van der Waals surface area (Å²) in [6.45, 7) is 7.94. The van der Waals surface area contributed by atoms with Gasteiger partial charge in [-0.2, -0.15) is 0 Å². The number of ether oxygens (including phenoxy) is 12. The largest absolute Gasteiger partial charge is 0.468 e. The van der Waals surface area contributed by atoms with E-state index in [0.717, 1.165) is 5.57 Å². The maximum atomic E-state index is 15.5. The number of hydrogen-bond acceptors (Lipinski definition) is 29. The van der Waals surface area contributed by atoms with Gasteiger partial charge in [-0.15, -0.1) is 0 Å². The maximum absolute atomic E-state index is 15.5. The first kappa shape index (κ1) is 68.5. The summed E-state index contributed by atoms with van der Waals surface area (Å²) in [5, 5.41) is 165. The van der Waals surface area contributed by atoms with Crippen LogP contribution < -0.4 is 0 Å². The predicted octanol–water partition coefficient (Wildman–Crippen LogP) is -4.54. The van der Waals surface area contributed by atoms with Gasteiger partial charge in [-0.1, -0.05) is 46.3 Å². The molecule has 5 aliphatic heterocycles. The molecule has 504 valence electrons. The second kappa shape index (κ2) is 25.1. The lowest BCUT2D eigenvalue weighted by atomic mass is 9.33. The van der Waals surface area contributed by atoms with Gasteiger partial charge in [0.05, 0.1) is 65.1 Å². The highest BCUT2D eigenvalue weighted by Gasteiger charge is 2.75. The number of esters is 2. The van der Waals surface area contributed by atoms with Gasteiger partial charge < -0.3 is 133 Å². The lowest BCUT2D eigenvalue weighted by Gasteiger charge is -2.72. The number of aliphatic hydroxyl groups excluding tert-OH is 14. The molecule has 0 amide bonds. The summed E-state index contributed by atoms with van der Waals surface area (Å²) >= 11 is 0. The van der Waals surface area contributed by atoms with E-state index >= 15 is 4.79 Å². The molecule has 9 fully saturated rings. The van der Waals surface area contributed by atoms with Crippen LogP contribution in [0.25, 0.3) is 0 Å². The molecule has 0 aromatic carbocycles.